The molecule has 0 spiro atoms. The maximum absolute atomic E-state index is 13.9. The fourth-order valence-electron chi connectivity index (χ4n) is 3.48. The molecule has 2 aromatic carbocycles. The molecule has 2 heterocycles. The fourth-order valence-corrected chi connectivity index (χ4v) is 3.48. The topological polar surface area (TPSA) is 81.8 Å². The second-order valence-electron chi connectivity index (χ2n) is 7.29. The number of halogens is 1. The van der Waals surface area contributed by atoms with Gasteiger partial charge in [-0.1, -0.05) is 30.3 Å². The van der Waals surface area contributed by atoms with Crippen LogP contribution in [0.1, 0.15) is 24.6 Å². The van der Waals surface area contributed by atoms with Crippen LogP contribution in [-0.4, -0.2) is 25.2 Å². The van der Waals surface area contributed by atoms with E-state index in [2.05, 4.69) is 10.4 Å². The molecule has 1 fully saturated rings. The highest BCUT2D eigenvalue weighted by Gasteiger charge is 2.31. The summed E-state index contributed by atoms with van der Waals surface area (Å²) in [6.07, 6.45) is 3.29. The Morgan fingerprint density at radius 3 is 2.57 bits per heavy atom. The Bertz CT molecular complexity index is 1310. The molecular weight excluding hydrogens is 385 g/mol. The molecule has 1 aliphatic carbocycles. The highest BCUT2D eigenvalue weighted by atomic mass is 19.1. The number of carbonyl (C=O) groups is 1. The van der Waals surface area contributed by atoms with Gasteiger partial charge in [0.15, 0.2) is 5.65 Å². The molecular formula is C22H18FN5O2. The first-order valence-corrected chi connectivity index (χ1v) is 9.70. The van der Waals surface area contributed by atoms with Crippen LogP contribution in [0.3, 0.4) is 0 Å². The predicted octanol–water partition coefficient (Wildman–Crippen LogP) is 3.24. The molecule has 0 atom stereocenters. The molecule has 1 N–H and O–H groups in total. The van der Waals surface area contributed by atoms with Gasteiger partial charge in [0.05, 0.1) is 17.6 Å². The molecule has 5 rings (SSSR count). The van der Waals surface area contributed by atoms with E-state index in [4.69, 9.17) is 4.98 Å². The quantitative estimate of drug-likeness (QED) is 0.555. The number of hydrogen-bond donors (Lipinski definition) is 1. The number of para-hydroxylation sites is 2. The Morgan fingerprint density at radius 2 is 1.83 bits per heavy atom. The Balaban J connectivity index is 1.55. The lowest BCUT2D eigenvalue weighted by molar-refractivity contribution is -0.116. The first kappa shape index (κ1) is 18.2. The van der Waals surface area contributed by atoms with E-state index < -0.39 is 11.7 Å². The summed E-state index contributed by atoms with van der Waals surface area (Å²) in [4.78, 5) is 30.5. The highest BCUT2D eigenvalue weighted by molar-refractivity contribution is 5.91. The summed E-state index contributed by atoms with van der Waals surface area (Å²) in [7, 11) is 0. The zero-order chi connectivity index (χ0) is 20.7. The summed E-state index contributed by atoms with van der Waals surface area (Å²) in [6.45, 7) is -0.238. The van der Waals surface area contributed by atoms with E-state index >= 15 is 0 Å². The second-order valence-corrected chi connectivity index (χ2v) is 7.29. The number of hydrogen-bond acceptors (Lipinski definition) is 4. The average molecular weight is 403 g/mol. The summed E-state index contributed by atoms with van der Waals surface area (Å²) in [5.74, 6) is -0.324. The van der Waals surface area contributed by atoms with E-state index in [0.717, 1.165) is 18.5 Å². The molecule has 0 saturated heterocycles. The van der Waals surface area contributed by atoms with Gasteiger partial charge >= 0.3 is 0 Å². The van der Waals surface area contributed by atoms with Gasteiger partial charge in [-0.2, -0.15) is 5.10 Å². The van der Waals surface area contributed by atoms with Gasteiger partial charge in [-0.3, -0.25) is 14.2 Å². The number of amides is 1. The molecule has 0 aliphatic heterocycles. The van der Waals surface area contributed by atoms with Gasteiger partial charge in [0.25, 0.3) is 5.56 Å². The van der Waals surface area contributed by atoms with Crippen molar-refractivity contribution in [2.24, 2.45) is 0 Å². The monoisotopic (exact) mass is 403 g/mol. The van der Waals surface area contributed by atoms with Crippen LogP contribution in [0.2, 0.25) is 0 Å². The molecule has 0 radical (unpaired) electrons. The van der Waals surface area contributed by atoms with Crippen molar-refractivity contribution in [2.45, 2.75) is 25.3 Å². The molecule has 7 nitrogen and oxygen atoms in total. The molecule has 0 bridgehead atoms. The molecule has 1 saturated carbocycles. The Labute approximate surface area is 170 Å². The van der Waals surface area contributed by atoms with E-state index in [1.807, 2.05) is 30.3 Å². The summed E-state index contributed by atoms with van der Waals surface area (Å²) in [6, 6.07) is 15.4. The van der Waals surface area contributed by atoms with Crippen LogP contribution in [0, 0.1) is 5.82 Å². The van der Waals surface area contributed by atoms with Crippen LogP contribution in [0.25, 0.3) is 16.7 Å². The third kappa shape index (κ3) is 3.26. The van der Waals surface area contributed by atoms with Gasteiger partial charge < -0.3 is 5.32 Å². The maximum Gasteiger partial charge on any atom is 0.265 e. The van der Waals surface area contributed by atoms with Crippen molar-refractivity contribution in [3.63, 3.8) is 0 Å². The largest absolute Gasteiger partial charge is 0.322 e. The first-order chi connectivity index (χ1) is 14.6. The van der Waals surface area contributed by atoms with Gasteiger partial charge in [-0.05, 0) is 37.1 Å². The predicted molar refractivity (Wildman–Crippen MR) is 110 cm³/mol. The summed E-state index contributed by atoms with van der Waals surface area (Å²) >= 11 is 0. The third-order valence-electron chi connectivity index (χ3n) is 5.11. The lowest BCUT2D eigenvalue weighted by Gasteiger charge is -2.13. The summed E-state index contributed by atoms with van der Waals surface area (Å²) < 4.78 is 16.9. The van der Waals surface area contributed by atoms with E-state index in [0.29, 0.717) is 16.9 Å². The van der Waals surface area contributed by atoms with Crippen LogP contribution in [0.15, 0.2) is 65.6 Å². The Morgan fingerprint density at radius 1 is 1.10 bits per heavy atom. The lowest BCUT2D eigenvalue weighted by Crippen LogP contribution is -2.31. The number of carbonyl (C=O) groups excluding carboxylic acids is 1. The zero-order valence-electron chi connectivity index (χ0n) is 16.0. The van der Waals surface area contributed by atoms with Crippen LogP contribution >= 0.6 is 0 Å². The number of rotatable bonds is 5. The maximum atomic E-state index is 13.9. The van der Waals surface area contributed by atoms with Crippen molar-refractivity contribution >= 4 is 22.6 Å². The SMILES string of the molecule is O=C(Cn1c(C2CC2)nc2c(cnn2-c2ccccc2)c1=O)Nc1ccccc1F. The Kier molecular flexibility index (Phi) is 4.39. The fraction of sp³-hybridized carbons (Fsp3) is 0.182. The smallest absolute Gasteiger partial charge is 0.265 e. The van der Waals surface area contributed by atoms with Crippen molar-refractivity contribution in [2.75, 3.05) is 5.32 Å². The second kappa shape index (κ2) is 7.22. The summed E-state index contributed by atoms with van der Waals surface area (Å²) in [5, 5.41) is 7.20. The van der Waals surface area contributed by atoms with Gasteiger partial charge in [0.2, 0.25) is 5.91 Å². The van der Waals surface area contributed by atoms with E-state index in [1.165, 1.54) is 22.9 Å². The molecule has 0 unspecified atom stereocenters. The molecule has 150 valence electrons. The Hall–Kier alpha value is -3.81. The molecule has 8 heteroatoms. The minimum absolute atomic E-state index is 0.0782. The van der Waals surface area contributed by atoms with Gasteiger partial charge in [-0.15, -0.1) is 0 Å². The normalized spacial score (nSPS) is 13.5. The number of benzene rings is 2. The standard InChI is InChI=1S/C22H18FN5O2/c23-17-8-4-5-9-18(17)25-19(29)13-27-20(14-10-11-14)26-21-16(22(27)30)12-24-28(21)15-6-2-1-3-7-15/h1-9,12,14H,10-11,13H2,(H,25,29). The molecule has 1 amide bonds. The average Bonchev–Trinajstić information content (AvgIpc) is 3.51. The van der Waals surface area contributed by atoms with Crippen molar-refractivity contribution in [3.05, 3.63) is 82.8 Å². The van der Waals surface area contributed by atoms with Crippen LogP contribution in [0.4, 0.5) is 10.1 Å². The zero-order valence-corrected chi connectivity index (χ0v) is 16.0. The van der Waals surface area contributed by atoms with E-state index in [9.17, 15) is 14.0 Å². The number of aromatic nitrogens is 4. The van der Waals surface area contributed by atoms with Crippen molar-refractivity contribution in [1.29, 1.82) is 0 Å². The summed E-state index contributed by atoms with van der Waals surface area (Å²) in [5.41, 5.74) is 1.03. The lowest BCUT2D eigenvalue weighted by atomic mass is 10.3. The van der Waals surface area contributed by atoms with Gasteiger partial charge in [0.1, 0.15) is 23.6 Å². The number of anilines is 1. The minimum atomic E-state index is -0.529. The number of fused-ring (bicyclic) bond motifs is 1. The van der Waals surface area contributed by atoms with Crippen LogP contribution in [-0.2, 0) is 11.3 Å². The van der Waals surface area contributed by atoms with Crippen LogP contribution in [0.5, 0.6) is 0 Å². The van der Waals surface area contributed by atoms with Crippen molar-refractivity contribution < 1.29 is 9.18 Å². The van der Waals surface area contributed by atoms with Crippen molar-refractivity contribution in [1.82, 2.24) is 19.3 Å². The van der Waals surface area contributed by atoms with E-state index in [1.54, 1.807) is 16.8 Å². The van der Waals surface area contributed by atoms with Gasteiger partial charge in [-0.25, -0.2) is 14.1 Å². The third-order valence-corrected chi connectivity index (χ3v) is 5.11. The number of nitrogens with one attached hydrogen (secondary N) is 1. The molecule has 1 aliphatic rings. The number of nitrogens with zero attached hydrogens (tertiary/aromatic N) is 4. The first-order valence-electron chi connectivity index (χ1n) is 9.70. The van der Waals surface area contributed by atoms with Crippen LogP contribution < -0.4 is 10.9 Å². The molecule has 30 heavy (non-hydrogen) atoms. The molecule has 2 aromatic heterocycles. The van der Waals surface area contributed by atoms with Crippen molar-refractivity contribution in [3.8, 4) is 5.69 Å². The minimum Gasteiger partial charge on any atom is -0.322 e. The molecule has 4 aromatic rings. The van der Waals surface area contributed by atoms with E-state index in [-0.39, 0.29) is 23.7 Å². The highest BCUT2D eigenvalue weighted by Crippen LogP contribution is 2.39. The van der Waals surface area contributed by atoms with Gasteiger partial charge in [0, 0.05) is 5.92 Å².